The van der Waals surface area contributed by atoms with Crippen LogP contribution in [0.25, 0.3) is 0 Å². The first-order valence-corrected chi connectivity index (χ1v) is 8.92. The third kappa shape index (κ3) is 4.82. The Labute approximate surface area is 139 Å². The number of hydrogen-bond donors (Lipinski definition) is 1. The van der Waals surface area contributed by atoms with E-state index in [-0.39, 0.29) is 5.91 Å². The summed E-state index contributed by atoms with van der Waals surface area (Å²) in [4.78, 5) is 11.9. The van der Waals surface area contributed by atoms with Gasteiger partial charge in [0.25, 0.3) is 5.22 Å². The molecule has 2 heterocycles. The third-order valence-electron chi connectivity index (χ3n) is 3.82. The molecule has 1 fully saturated rings. The van der Waals surface area contributed by atoms with Gasteiger partial charge in [-0.2, -0.15) is 5.10 Å². The number of aromatic nitrogens is 4. The minimum atomic E-state index is 0.0318. The van der Waals surface area contributed by atoms with E-state index in [9.17, 15) is 4.79 Å². The normalized spacial score (nSPS) is 15.7. The molecule has 0 bridgehead atoms. The molecule has 23 heavy (non-hydrogen) atoms. The van der Waals surface area contributed by atoms with E-state index >= 15 is 0 Å². The van der Waals surface area contributed by atoms with Gasteiger partial charge in [-0.15, -0.1) is 10.2 Å². The van der Waals surface area contributed by atoms with Crippen LogP contribution in [0.1, 0.15) is 43.7 Å². The summed E-state index contributed by atoms with van der Waals surface area (Å²) in [6, 6.07) is 2.25. The van der Waals surface area contributed by atoms with E-state index < -0.39 is 0 Å². The van der Waals surface area contributed by atoms with Gasteiger partial charge in [-0.1, -0.05) is 31.0 Å². The number of carbonyl (C=O) groups excluding carboxylic acids is 1. The summed E-state index contributed by atoms with van der Waals surface area (Å²) < 4.78 is 7.28. The maximum absolute atomic E-state index is 11.9. The zero-order valence-corrected chi connectivity index (χ0v) is 14.0. The van der Waals surface area contributed by atoms with Crippen molar-refractivity contribution in [3.05, 3.63) is 23.8 Å². The smallest absolute Gasteiger partial charge is 0.277 e. The molecular formula is C15H21N5O2S. The Morgan fingerprint density at radius 1 is 1.39 bits per heavy atom. The molecular weight excluding hydrogens is 314 g/mol. The summed E-state index contributed by atoms with van der Waals surface area (Å²) in [5, 5.41) is 15.7. The van der Waals surface area contributed by atoms with Crippen molar-refractivity contribution in [1.82, 2.24) is 25.3 Å². The Bertz CT molecular complexity index is 648. The fourth-order valence-corrected chi connectivity index (χ4v) is 3.29. The van der Waals surface area contributed by atoms with Crippen molar-refractivity contribution in [3.63, 3.8) is 0 Å². The van der Waals surface area contributed by atoms with E-state index in [0.717, 1.165) is 18.5 Å². The molecule has 124 valence electrons. The first-order valence-electron chi connectivity index (χ1n) is 7.93. The summed E-state index contributed by atoms with van der Waals surface area (Å²) in [6.45, 7) is 2.37. The van der Waals surface area contributed by atoms with Gasteiger partial charge >= 0.3 is 0 Å². The van der Waals surface area contributed by atoms with Gasteiger partial charge in [0.2, 0.25) is 11.8 Å². The molecule has 1 aliphatic rings. The fraction of sp³-hybridized carbons (Fsp3) is 0.600. The Kier molecular flexibility index (Phi) is 5.32. The van der Waals surface area contributed by atoms with Crippen molar-refractivity contribution >= 4 is 17.7 Å². The monoisotopic (exact) mass is 335 g/mol. The molecule has 0 saturated heterocycles. The molecule has 0 aromatic carbocycles. The lowest BCUT2D eigenvalue weighted by Gasteiger charge is -2.22. The van der Waals surface area contributed by atoms with Crippen LogP contribution in [-0.4, -0.2) is 37.7 Å². The Morgan fingerprint density at radius 2 is 2.22 bits per heavy atom. The lowest BCUT2D eigenvalue weighted by Crippen LogP contribution is -2.37. The van der Waals surface area contributed by atoms with Crippen LogP contribution < -0.4 is 5.32 Å². The SMILES string of the molecule is Cc1ccn(Cc2nnc(SCC(=O)NC3CCCCC3)o2)n1. The molecule has 1 amide bonds. The molecule has 2 aromatic rings. The zero-order valence-electron chi connectivity index (χ0n) is 13.2. The number of hydrogen-bond acceptors (Lipinski definition) is 6. The lowest BCUT2D eigenvalue weighted by atomic mass is 9.95. The number of thioether (sulfide) groups is 1. The van der Waals surface area contributed by atoms with Crippen LogP contribution in [0.3, 0.4) is 0 Å². The molecule has 7 nitrogen and oxygen atoms in total. The second-order valence-corrected chi connectivity index (χ2v) is 6.73. The van der Waals surface area contributed by atoms with Crippen molar-refractivity contribution in [1.29, 1.82) is 0 Å². The van der Waals surface area contributed by atoms with Gasteiger partial charge in [0, 0.05) is 12.2 Å². The van der Waals surface area contributed by atoms with E-state index in [2.05, 4.69) is 20.6 Å². The zero-order chi connectivity index (χ0) is 16.1. The summed E-state index contributed by atoms with van der Waals surface area (Å²) in [7, 11) is 0. The van der Waals surface area contributed by atoms with Crippen molar-refractivity contribution < 1.29 is 9.21 Å². The lowest BCUT2D eigenvalue weighted by molar-refractivity contribution is -0.119. The van der Waals surface area contributed by atoms with Gasteiger partial charge in [0.1, 0.15) is 6.54 Å². The number of rotatable bonds is 6. The first-order chi connectivity index (χ1) is 11.2. The maximum Gasteiger partial charge on any atom is 0.277 e. The second-order valence-electron chi connectivity index (χ2n) is 5.81. The van der Waals surface area contributed by atoms with Gasteiger partial charge in [0.05, 0.1) is 11.4 Å². The van der Waals surface area contributed by atoms with Crippen LogP contribution in [0.4, 0.5) is 0 Å². The van der Waals surface area contributed by atoms with Gasteiger partial charge in [-0.05, 0) is 25.8 Å². The fourth-order valence-electron chi connectivity index (χ4n) is 2.69. The van der Waals surface area contributed by atoms with E-state index in [0.29, 0.717) is 29.5 Å². The largest absolute Gasteiger partial charge is 0.414 e. The number of amides is 1. The highest BCUT2D eigenvalue weighted by atomic mass is 32.2. The predicted molar refractivity (Wildman–Crippen MR) is 86.1 cm³/mol. The molecule has 8 heteroatoms. The Balaban J connectivity index is 1.44. The molecule has 0 atom stereocenters. The van der Waals surface area contributed by atoms with Crippen LogP contribution in [0.15, 0.2) is 21.9 Å². The van der Waals surface area contributed by atoms with Gasteiger partial charge in [-0.3, -0.25) is 9.48 Å². The van der Waals surface area contributed by atoms with E-state index in [1.165, 1.54) is 31.0 Å². The highest BCUT2D eigenvalue weighted by Crippen LogP contribution is 2.19. The summed E-state index contributed by atoms with van der Waals surface area (Å²) in [6.07, 6.45) is 7.73. The highest BCUT2D eigenvalue weighted by molar-refractivity contribution is 7.99. The second kappa shape index (κ2) is 7.63. The van der Waals surface area contributed by atoms with Crippen LogP contribution in [0.5, 0.6) is 0 Å². The highest BCUT2D eigenvalue weighted by Gasteiger charge is 2.16. The van der Waals surface area contributed by atoms with Crippen molar-refractivity contribution in [3.8, 4) is 0 Å². The van der Waals surface area contributed by atoms with Gasteiger partial charge in [-0.25, -0.2) is 0 Å². The average molecular weight is 335 g/mol. The predicted octanol–water partition coefficient (Wildman–Crippen LogP) is 2.16. The third-order valence-corrected chi connectivity index (χ3v) is 4.64. The molecule has 0 spiro atoms. The number of aryl methyl sites for hydroxylation is 1. The number of nitrogens with one attached hydrogen (secondary N) is 1. The summed E-state index contributed by atoms with van der Waals surface area (Å²) in [5.74, 6) is 0.826. The van der Waals surface area contributed by atoms with Crippen LogP contribution >= 0.6 is 11.8 Å². The Morgan fingerprint density at radius 3 is 2.96 bits per heavy atom. The first kappa shape index (κ1) is 16.0. The van der Waals surface area contributed by atoms with Gasteiger partial charge < -0.3 is 9.73 Å². The topological polar surface area (TPSA) is 85.8 Å². The van der Waals surface area contributed by atoms with Crippen LogP contribution in [0.2, 0.25) is 0 Å². The molecule has 1 aliphatic carbocycles. The molecule has 2 aromatic heterocycles. The molecule has 0 aliphatic heterocycles. The van der Waals surface area contributed by atoms with E-state index in [1.807, 2.05) is 19.2 Å². The minimum Gasteiger partial charge on any atom is -0.414 e. The number of carbonyl (C=O) groups is 1. The molecule has 0 radical (unpaired) electrons. The average Bonchev–Trinajstić information content (AvgIpc) is 3.16. The standard InChI is InChI=1S/C15H21N5O2S/c1-11-7-8-20(19-11)9-14-17-18-15(22-14)23-10-13(21)16-12-5-3-2-4-6-12/h7-8,12H,2-6,9-10H2,1H3,(H,16,21). The minimum absolute atomic E-state index is 0.0318. The number of nitrogens with zero attached hydrogens (tertiary/aromatic N) is 4. The van der Waals surface area contributed by atoms with E-state index in [4.69, 9.17) is 4.42 Å². The van der Waals surface area contributed by atoms with Gasteiger partial charge in [0.15, 0.2) is 0 Å². The van der Waals surface area contributed by atoms with Crippen LogP contribution in [-0.2, 0) is 11.3 Å². The molecule has 3 rings (SSSR count). The van der Waals surface area contributed by atoms with Crippen molar-refractivity contribution in [2.24, 2.45) is 0 Å². The summed E-state index contributed by atoms with van der Waals surface area (Å²) >= 11 is 1.27. The van der Waals surface area contributed by atoms with E-state index in [1.54, 1.807) is 4.68 Å². The molecule has 1 N–H and O–H groups in total. The van der Waals surface area contributed by atoms with Crippen molar-refractivity contribution in [2.75, 3.05) is 5.75 Å². The maximum atomic E-state index is 11.9. The summed E-state index contributed by atoms with van der Waals surface area (Å²) in [5.41, 5.74) is 0.943. The molecule has 0 unspecified atom stereocenters. The van der Waals surface area contributed by atoms with Crippen molar-refractivity contribution in [2.45, 2.75) is 56.8 Å². The quantitative estimate of drug-likeness (QED) is 0.814. The Hall–Kier alpha value is -1.83. The van der Waals surface area contributed by atoms with Crippen LogP contribution in [0, 0.1) is 6.92 Å². The molecule has 1 saturated carbocycles.